The zero-order valence-corrected chi connectivity index (χ0v) is 50.3. The first-order valence-electron chi connectivity index (χ1n) is 31.3. The van der Waals surface area contributed by atoms with Gasteiger partial charge in [0, 0.05) is 19.3 Å². The SMILES string of the molecule is CC/C=C\C/C=C\C/C=C\C/C=C\C/C=C\C/C=C\C/C=C\C/C=C\C/C=C\C/C=C\CCCCCCC(=O)OCC(COC(=O)CCCCCCC/C=C\CCCC)OC(=O)CCCC/C=C\C/C=C\C/C=C\C/C=C\CC. The number of carbonyl (C=O) groups excluding carboxylic acids is 3. The third-order valence-corrected chi connectivity index (χ3v) is 12.4. The van der Waals surface area contributed by atoms with Crippen LogP contribution in [0.15, 0.2) is 182 Å². The molecule has 0 aromatic carbocycles. The molecule has 0 bridgehead atoms. The van der Waals surface area contributed by atoms with E-state index in [9.17, 15) is 14.4 Å². The van der Waals surface area contributed by atoms with E-state index in [0.717, 1.165) is 167 Å². The van der Waals surface area contributed by atoms with Gasteiger partial charge < -0.3 is 14.2 Å². The van der Waals surface area contributed by atoms with Gasteiger partial charge >= 0.3 is 17.9 Å². The van der Waals surface area contributed by atoms with E-state index in [0.29, 0.717) is 19.3 Å². The van der Waals surface area contributed by atoms with Crippen molar-refractivity contribution in [2.45, 2.75) is 245 Å². The normalized spacial score (nSPS) is 13.4. The molecule has 0 aromatic heterocycles. The monoisotopic (exact) mass is 1080 g/mol. The summed E-state index contributed by atoms with van der Waals surface area (Å²) in [5, 5.41) is 0. The highest BCUT2D eigenvalue weighted by atomic mass is 16.6. The number of rotatable bonds is 54. The summed E-state index contributed by atoms with van der Waals surface area (Å²) in [5.41, 5.74) is 0. The lowest BCUT2D eigenvalue weighted by molar-refractivity contribution is -0.167. The van der Waals surface area contributed by atoms with Gasteiger partial charge in [-0.3, -0.25) is 14.4 Å². The van der Waals surface area contributed by atoms with E-state index in [2.05, 4.69) is 203 Å². The molecule has 0 saturated carbocycles. The molecule has 0 aliphatic carbocycles. The molecule has 79 heavy (non-hydrogen) atoms. The molecule has 6 nitrogen and oxygen atoms in total. The first-order chi connectivity index (χ1) is 39.0. The van der Waals surface area contributed by atoms with Gasteiger partial charge in [-0.05, 0) is 154 Å². The summed E-state index contributed by atoms with van der Waals surface area (Å²) >= 11 is 0. The van der Waals surface area contributed by atoms with Crippen LogP contribution in [-0.2, 0) is 28.6 Å². The lowest BCUT2D eigenvalue weighted by Crippen LogP contribution is -2.30. The van der Waals surface area contributed by atoms with Crippen molar-refractivity contribution < 1.29 is 28.6 Å². The molecule has 0 amide bonds. The van der Waals surface area contributed by atoms with E-state index in [4.69, 9.17) is 14.2 Å². The van der Waals surface area contributed by atoms with Gasteiger partial charge in [-0.15, -0.1) is 0 Å². The van der Waals surface area contributed by atoms with E-state index in [1.165, 1.54) is 25.7 Å². The van der Waals surface area contributed by atoms with Crippen LogP contribution in [0.1, 0.15) is 239 Å². The van der Waals surface area contributed by atoms with Crippen molar-refractivity contribution in [3.05, 3.63) is 182 Å². The summed E-state index contributed by atoms with van der Waals surface area (Å²) in [6.07, 6.45) is 97.6. The average Bonchev–Trinajstić information content (AvgIpc) is 3.45. The van der Waals surface area contributed by atoms with Gasteiger partial charge in [-0.25, -0.2) is 0 Å². The highest BCUT2D eigenvalue weighted by Gasteiger charge is 2.19. The molecule has 0 fully saturated rings. The van der Waals surface area contributed by atoms with E-state index < -0.39 is 6.10 Å². The number of unbranched alkanes of at least 4 members (excludes halogenated alkanes) is 13. The minimum Gasteiger partial charge on any atom is -0.462 e. The predicted octanol–water partition coefficient (Wildman–Crippen LogP) is 21.7. The van der Waals surface area contributed by atoms with Gasteiger partial charge in [0.15, 0.2) is 6.10 Å². The Hall–Kier alpha value is -5.49. The Morgan fingerprint density at radius 2 is 0.494 bits per heavy atom. The highest BCUT2D eigenvalue weighted by molar-refractivity contribution is 5.71. The molecule has 0 saturated heterocycles. The first kappa shape index (κ1) is 73.5. The molecule has 0 aliphatic heterocycles. The molecule has 0 aromatic rings. The summed E-state index contributed by atoms with van der Waals surface area (Å²) in [4.78, 5) is 38.1. The van der Waals surface area contributed by atoms with Gasteiger partial charge in [0.05, 0.1) is 0 Å². The fraction of sp³-hybridized carbons (Fsp3) is 0.548. The second-order valence-electron chi connectivity index (χ2n) is 19.8. The quantitative estimate of drug-likeness (QED) is 0.0261. The number of carbonyl (C=O) groups is 3. The zero-order valence-electron chi connectivity index (χ0n) is 50.3. The van der Waals surface area contributed by atoms with Crippen molar-refractivity contribution in [3.63, 3.8) is 0 Å². The summed E-state index contributed by atoms with van der Waals surface area (Å²) in [6, 6.07) is 0. The molecule has 0 rings (SSSR count). The third-order valence-electron chi connectivity index (χ3n) is 12.4. The molecule has 6 heteroatoms. The molecular weight excluding hydrogens is 973 g/mol. The van der Waals surface area contributed by atoms with Gasteiger partial charge in [-0.1, -0.05) is 248 Å². The number of allylic oxidation sites excluding steroid dienone is 30. The lowest BCUT2D eigenvalue weighted by Gasteiger charge is -2.18. The van der Waals surface area contributed by atoms with Crippen LogP contribution >= 0.6 is 0 Å². The Morgan fingerprint density at radius 3 is 0.810 bits per heavy atom. The fourth-order valence-corrected chi connectivity index (χ4v) is 7.73. The number of esters is 3. The van der Waals surface area contributed by atoms with E-state index in [-0.39, 0.29) is 37.5 Å². The molecule has 440 valence electrons. The van der Waals surface area contributed by atoms with Gasteiger partial charge in [0.25, 0.3) is 0 Å². The van der Waals surface area contributed by atoms with Crippen LogP contribution in [0.3, 0.4) is 0 Å². The zero-order chi connectivity index (χ0) is 57.1. The van der Waals surface area contributed by atoms with Crippen LogP contribution in [0.4, 0.5) is 0 Å². The largest absolute Gasteiger partial charge is 0.462 e. The van der Waals surface area contributed by atoms with Crippen LogP contribution < -0.4 is 0 Å². The van der Waals surface area contributed by atoms with Crippen molar-refractivity contribution in [2.75, 3.05) is 13.2 Å². The number of hydrogen-bond donors (Lipinski definition) is 0. The summed E-state index contributed by atoms with van der Waals surface area (Å²) < 4.78 is 16.8. The van der Waals surface area contributed by atoms with Gasteiger partial charge in [-0.2, -0.15) is 0 Å². The molecular formula is C73H112O6. The van der Waals surface area contributed by atoms with Crippen LogP contribution in [0.5, 0.6) is 0 Å². The maximum absolute atomic E-state index is 12.8. The summed E-state index contributed by atoms with van der Waals surface area (Å²) in [6.45, 7) is 6.28. The van der Waals surface area contributed by atoms with Crippen LogP contribution in [0.25, 0.3) is 0 Å². The van der Waals surface area contributed by atoms with Gasteiger partial charge in [0.1, 0.15) is 13.2 Å². The summed E-state index contributed by atoms with van der Waals surface area (Å²) in [5.74, 6) is -1.00. The van der Waals surface area contributed by atoms with Crippen molar-refractivity contribution >= 4 is 17.9 Å². The molecule has 1 unspecified atom stereocenters. The van der Waals surface area contributed by atoms with Crippen molar-refractivity contribution in [1.29, 1.82) is 0 Å². The number of hydrogen-bond acceptors (Lipinski definition) is 6. The second kappa shape index (κ2) is 65.0. The third kappa shape index (κ3) is 63.2. The standard InChI is InChI=1S/C73H112O6/c1-4-7-10-13-16-19-22-24-26-27-28-29-30-31-32-33-34-35-36-37-38-39-40-41-42-43-44-45-47-48-51-54-57-60-63-66-72(75)78-69-70(68-77-71(74)65-62-59-56-53-50-21-18-15-12-9-6-3)79-73(76)67-64-61-58-55-52-49-46-25-23-20-17-14-11-8-5-2/h7-8,10-11,15-20,24-26,28-29,31-32,34-35,37-38,40-41,43-44,46-48,52,55,70H,4-6,9,12-14,21-23,27,30,33,36,39,42,45,49-51,53-54,56-69H2,1-3H3/b10-7-,11-8-,18-15-,19-16-,20-17-,26-24-,29-28-,32-31-,35-34-,38-37-,41-40-,44-43-,46-25-,48-47-,55-52-. The predicted molar refractivity (Wildman–Crippen MR) is 343 cm³/mol. The molecule has 1 atom stereocenters. The van der Waals surface area contributed by atoms with Crippen molar-refractivity contribution in [1.82, 2.24) is 0 Å². The van der Waals surface area contributed by atoms with E-state index >= 15 is 0 Å². The minimum absolute atomic E-state index is 0.115. The fourth-order valence-electron chi connectivity index (χ4n) is 7.73. The molecule has 0 radical (unpaired) electrons. The molecule has 0 heterocycles. The van der Waals surface area contributed by atoms with Gasteiger partial charge in [0.2, 0.25) is 0 Å². The van der Waals surface area contributed by atoms with Crippen LogP contribution in [0.2, 0.25) is 0 Å². The highest BCUT2D eigenvalue weighted by Crippen LogP contribution is 2.12. The molecule has 0 spiro atoms. The Kier molecular flexibility index (Phi) is 60.5. The maximum atomic E-state index is 12.8. The van der Waals surface area contributed by atoms with Crippen molar-refractivity contribution in [2.24, 2.45) is 0 Å². The van der Waals surface area contributed by atoms with Crippen molar-refractivity contribution in [3.8, 4) is 0 Å². The minimum atomic E-state index is -0.823. The Labute approximate surface area is 484 Å². The molecule has 0 N–H and O–H groups in total. The van der Waals surface area contributed by atoms with E-state index in [1.807, 2.05) is 0 Å². The smallest absolute Gasteiger partial charge is 0.306 e. The first-order valence-corrected chi connectivity index (χ1v) is 31.3. The lowest BCUT2D eigenvalue weighted by atomic mass is 10.1. The Morgan fingerprint density at radius 1 is 0.266 bits per heavy atom. The second-order valence-corrected chi connectivity index (χ2v) is 19.8. The topological polar surface area (TPSA) is 78.9 Å². The maximum Gasteiger partial charge on any atom is 0.306 e. The Bertz CT molecular complexity index is 1870. The number of ether oxygens (including phenoxy) is 3. The van der Waals surface area contributed by atoms with Crippen LogP contribution in [0, 0.1) is 0 Å². The van der Waals surface area contributed by atoms with Crippen LogP contribution in [-0.4, -0.2) is 37.2 Å². The average molecular weight is 1090 g/mol. The Balaban J connectivity index is 4.34. The summed E-state index contributed by atoms with van der Waals surface area (Å²) in [7, 11) is 0. The van der Waals surface area contributed by atoms with E-state index in [1.54, 1.807) is 0 Å². The molecule has 0 aliphatic rings.